The molecule has 1 saturated heterocycles. The fourth-order valence-electron chi connectivity index (χ4n) is 2.91. The summed E-state index contributed by atoms with van der Waals surface area (Å²) in [6, 6.07) is 7.49. The maximum Gasteiger partial charge on any atom is 0.194 e. The normalized spacial score (nSPS) is 19.4. The second-order valence-corrected chi connectivity index (χ2v) is 6.18. The fourth-order valence-corrected chi connectivity index (χ4v) is 2.91. The molecule has 136 valence electrons. The highest BCUT2D eigenvalue weighted by atomic mass is 127. The molecule has 2 unspecified atom stereocenters. The maximum absolute atomic E-state index is 10.4. The van der Waals surface area contributed by atoms with Gasteiger partial charge in [-0.25, -0.2) is 0 Å². The molecular weight excluding hydrogens is 417 g/mol. The van der Waals surface area contributed by atoms with Crippen LogP contribution in [-0.2, 0) is 0 Å². The van der Waals surface area contributed by atoms with Gasteiger partial charge >= 0.3 is 0 Å². The van der Waals surface area contributed by atoms with Gasteiger partial charge in [0.25, 0.3) is 0 Å². The number of piperidine rings is 1. The predicted molar refractivity (Wildman–Crippen MR) is 109 cm³/mol. The van der Waals surface area contributed by atoms with Gasteiger partial charge < -0.3 is 20.1 Å². The van der Waals surface area contributed by atoms with Crippen LogP contribution in [0.2, 0.25) is 0 Å². The number of benzene rings is 1. The number of aliphatic hydroxyl groups is 1. The molecule has 0 spiro atoms. The number of ether oxygens (including phenoxy) is 1. The molecule has 1 fully saturated rings. The SMILES string of the molecule is CCNC(=NCC(O)c1ccc(OC)cc1)N1CCCC(C)C1.I. The van der Waals surface area contributed by atoms with E-state index in [1.165, 1.54) is 12.8 Å². The molecule has 1 aromatic rings. The van der Waals surface area contributed by atoms with Gasteiger partial charge in [-0.05, 0) is 43.4 Å². The maximum atomic E-state index is 10.4. The molecule has 0 radical (unpaired) electrons. The van der Waals surface area contributed by atoms with Gasteiger partial charge in [0.2, 0.25) is 0 Å². The summed E-state index contributed by atoms with van der Waals surface area (Å²) in [5.74, 6) is 2.39. The Morgan fingerprint density at radius 3 is 2.71 bits per heavy atom. The van der Waals surface area contributed by atoms with Gasteiger partial charge in [0.05, 0.1) is 19.8 Å². The third-order valence-corrected chi connectivity index (χ3v) is 4.21. The number of nitrogens with zero attached hydrogens (tertiary/aromatic N) is 2. The van der Waals surface area contributed by atoms with Gasteiger partial charge in [-0.1, -0.05) is 19.1 Å². The van der Waals surface area contributed by atoms with Crippen molar-refractivity contribution >= 4 is 29.9 Å². The van der Waals surface area contributed by atoms with Crippen LogP contribution in [0.1, 0.15) is 38.4 Å². The summed E-state index contributed by atoms with van der Waals surface area (Å²) in [4.78, 5) is 6.94. The van der Waals surface area contributed by atoms with E-state index < -0.39 is 6.10 Å². The zero-order valence-electron chi connectivity index (χ0n) is 14.9. The lowest BCUT2D eigenvalue weighted by molar-refractivity contribution is 0.185. The van der Waals surface area contributed by atoms with Gasteiger partial charge in [-0.3, -0.25) is 4.99 Å². The molecule has 2 N–H and O–H groups in total. The number of hydrogen-bond donors (Lipinski definition) is 2. The van der Waals surface area contributed by atoms with Crippen molar-refractivity contribution in [2.24, 2.45) is 10.9 Å². The van der Waals surface area contributed by atoms with E-state index in [0.29, 0.717) is 12.5 Å². The standard InChI is InChI=1S/C18H29N3O2.HI/c1-4-19-18(21-11-5-6-14(2)13-21)20-12-17(22)15-7-9-16(23-3)10-8-15;/h7-10,14,17,22H,4-6,11-13H2,1-3H3,(H,19,20);1H. The first kappa shape index (κ1) is 21.0. The smallest absolute Gasteiger partial charge is 0.194 e. The highest BCUT2D eigenvalue weighted by Gasteiger charge is 2.19. The molecule has 0 amide bonds. The van der Waals surface area contributed by atoms with E-state index in [4.69, 9.17) is 4.74 Å². The van der Waals surface area contributed by atoms with Gasteiger partial charge in [-0.2, -0.15) is 0 Å². The summed E-state index contributed by atoms with van der Waals surface area (Å²) in [5, 5.41) is 13.7. The van der Waals surface area contributed by atoms with Crippen molar-refractivity contribution in [3.8, 4) is 5.75 Å². The van der Waals surface area contributed by atoms with Crippen LogP contribution in [0, 0.1) is 5.92 Å². The number of guanidine groups is 1. The molecule has 2 atom stereocenters. The molecule has 0 bridgehead atoms. The third kappa shape index (κ3) is 6.12. The first-order chi connectivity index (χ1) is 11.1. The zero-order valence-corrected chi connectivity index (χ0v) is 17.2. The minimum Gasteiger partial charge on any atom is -0.497 e. The van der Waals surface area contributed by atoms with Crippen molar-refractivity contribution < 1.29 is 9.84 Å². The Morgan fingerprint density at radius 1 is 1.42 bits per heavy atom. The number of hydrogen-bond acceptors (Lipinski definition) is 3. The van der Waals surface area contributed by atoms with Crippen LogP contribution in [0.4, 0.5) is 0 Å². The van der Waals surface area contributed by atoms with Gasteiger partial charge in [0.15, 0.2) is 5.96 Å². The third-order valence-electron chi connectivity index (χ3n) is 4.21. The van der Waals surface area contributed by atoms with Crippen molar-refractivity contribution in [3.63, 3.8) is 0 Å². The highest BCUT2D eigenvalue weighted by Crippen LogP contribution is 2.19. The van der Waals surface area contributed by atoms with Gasteiger partial charge in [0, 0.05) is 19.6 Å². The van der Waals surface area contributed by atoms with E-state index >= 15 is 0 Å². The molecule has 24 heavy (non-hydrogen) atoms. The Labute approximate surface area is 162 Å². The topological polar surface area (TPSA) is 57.1 Å². The molecule has 0 aromatic heterocycles. The minimum atomic E-state index is -0.600. The average molecular weight is 447 g/mol. The molecule has 0 saturated carbocycles. The van der Waals surface area contributed by atoms with Crippen LogP contribution in [-0.4, -0.2) is 49.3 Å². The Kier molecular flexibility index (Phi) is 9.43. The van der Waals surface area contributed by atoms with E-state index in [0.717, 1.165) is 36.9 Å². The van der Waals surface area contributed by atoms with E-state index in [-0.39, 0.29) is 24.0 Å². The lowest BCUT2D eigenvalue weighted by atomic mass is 10.0. The fraction of sp³-hybridized carbons (Fsp3) is 0.611. The van der Waals surface area contributed by atoms with Crippen LogP contribution in [0.5, 0.6) is 5.75 Å². The van der Waals surface area contributed by atoms with Crippen LogP contribution in [0.15, 0.2) is 29.3 Å². The largest absolute Gasteiger partial charge is 0.497 e. The van der Waals surface area contributed by atoms with Crippen LogP contribution in [0.3, 0.4) is 0 Å². The summed E-state index contributed by atoms with van der Waals surface area (Å²) < 4.78 is 5.14. The summed E-state index contributed by atoms with van der Waals surface area (Å²) in [6.07, 6.45) is 1.88. The molecular formula is C18H30IN3O2. The van der Waals surface area contributed by atoms with Crippen molar-refractivity contribution in [2.45, 2.75) is 32.8 Å². The first-order valence-electron chi connectivity index (χ1n) is 8.49. The van der Waals surface area contributed by atoms with Crippen molar-refractivity contribution in [1.82, 2.24) is 10.2 Å². The van der Waals surface area contributed by atoms with Crippen LogP contribution >= 0.6 is 24.0 Å². The number of nitrogens with one attached hydrogen (secondary N) is 1. The Balaban J connectivity index is 0.00000288. The number of rotatable bonds is 5. The zero-order chi connectivity index (χ0) is 16.7. The Morgan fingerprint density at radius 2 is 2.12 bits per heavy atom. The summed E-state index contributed by atoms with van der Waals surface area (Å²) in [5.41, 5.74) is 0.859. The molecule has 2 rings (SSSR count). The van der Waals surface area contributed by atoms with Crippen molar-refractivity contribution in [3.05, 3.63) is 29.8 Å². The summed E-state index contributed by atoms with van der Waals surface area (Å²) >= 11 is 0. The monoisotopic (exact) mass is 447 g/mol. The average Bonchev–Trinajstić information content (AvgIpc) is 2.58. The number of halogens is 1. The van der Waals surface area contributed by atoms with E-state index in [2.05, 4.69) is 29.1 Å². The van der Waals surface area contributed by atoms with E-state index in [9.17, 15) is 5.11 Å². The molecule has 1 aliphatic rings. The van der Waals surface area contributed by atoms with Crippen molar-refractivity contribution in [1.29, 1.82) is 0 Å². The van der Waals surface area contributed by atoms with Crippen molar-refractivity contribution in [2.75, 3.05) is 33.3 Å². The van der Waals surface area contributed by atoms with Gasteiger partial charge in [0.1, 0.15) is 5.75 Å². The number of aliphatic hydroxyl groups excluding tert-OH is 1. The molecule has 1 aliphatic heterocycles. The number of methoxy groups -OCH3 is 1. The second kappa shape index (κ2) is 10.8. The van der Waals surface area contributed by atoms with Crippen LogP contribution < -0.4 is 10.1 Å². The van der Waals surface area contributed by atoms with E-state index in [1.54, 1.807) is 7.11 Å². The Hall–Kier alpha value is -1.02. The number of aliphatic imine (C=N–C) groups is 1. The highest BCUT2D eigenvalue weighted by molar-refractivity contribution is 14.0. The predicted octanol–water partition coefficient (Wildman–Crippen LogP) is 3.04. The first-order valence-corrected chi connectivity index (χ1v) is 8.49. The van der Waals surface area contributed by atoms with E-state index in [1.807, 2.05) is 24.3 Å². The lowest BCUT2D eigenvalue weighted by Gasteiger charge is -2.33. The second-order valence-electron chi connectivity index (χ2n) is 6.18. The lowest BCUT2D eigenvalue weighted by Crippen LogP contribution is -2.46. The molecule has 0 aliphatic carbocycles. The molecule has 1 heterocycles. The quantitative estimate of drug-likeness (QED) is 0.414. The van der Waals surface area contributed by atoms with Crippen LogP contribution in [0.25, 0.3) is 0 Å². The minimum absolute atomic E-state index is 0. The Bertz CT molecular complexity index is 507. The summed E-state index contributed by atoms with van der Waals surface area (Å²) in [6.45, 7) is 7.62. The van der Waals surface area contributed by atoms with Gasteiger partial charge in [-0.15, -0.1) is 24.0 Å². The molecule has 5 nitrogen and oxygen atoms in total. The summed E-state index contributed by atoms with van der Waals surface area (Å²) in [7, 11) is 1.64. The molecule has 6 heteroatoms. The molecule has 1 aromatic carbocycles. The number of likely N-dealkylation sites (tertiary alicyclic amines) is 1.